The summed E-state index contributed by atoms with van der Waals surface area (Å²) in [6.45, 7) is 7.45. The number of aromatic amines is 1. The van der Waals surface area contributed by atoms with E-state index in [1.165, 1.54) is 0 Å². The fourth-order valence-corrected chi connectivity index (χ4v) is 3.33. The highest BCUT2D eigenvalue weighted by Gasteiger charge is 2.31. The predicted octanol–water partition coefficient (Wildman–Crippen LogP) is 1.27. The number of hydrogen-bond acceptors (Lipinski definition) is 4. The Morgan fingerprint density at radius 3 is 3.09 bits per heavy atom. The van der Waals surface area contributed by atoms with Crippen molar-refractivity contribution < 1.29 is 9.53 Å². The van der Waals surface area contributed by atoms with E-state index in [-0.39, 0.29) is 24.4 Å². The summed E-state index contributed by atoms with van der Waals surface area (Å²) < 4.78 is 5.76. The zero-order valence-electron chi connectivity index (χ0n) is 13.1. The average molecular weight is 329 g/mol. The lowest BCUT2D eigenvalue weighted by Gasteiger charge is -2.22. The van der Waals surface area contributed by atoms with Gasteiger partial charge in [-0.05, 0) is 12.3 Å². The molecule has 6 nitrogen and oxygen atoms in total. The number of aromatic nitrogens is 2. The normalized spacial score (nSPS) is 24.0. The molecule has 0 aliphatic carbocycles. The quantitative estimate of drug-likeness (QED) is 0.777. The number of carbonyl (C=O) groups is 1. The van der Waals surface area contributed by atoms with E-state index in [1.807, 2.05) is 0 Å². The first-order valence-corrected chi connectivity index (χ1v) is 7.83. The molecule has 1 aromatic rings. The second kappa shape index (κ2) is 7.44. The van der Waals surface area contributed by atoms with Crippen LogP contribution in [0.2, 0.25) is 0 Å². The molecule has 3 N–H and O–H groups in total. The average Bonchev–Trinajstić information content (AvgIpc) is 3.11. The monoisotopic (exact) mass is 328 g/mol. The molecule has 3 heterocycles. The van der Waals surface area contributed by atoms with Crippen molar-refractivity contribution in [1.29, 1.82) is 0 Å². The van der Waals surface area contributed by atoms with Crippen LogP contribution in [0.15, 0.2) is 0 Å². The molecule has 0 saturated carbocycles. The minimum atomic E-state index is -0.0781. The van der Waals surface area contributed by atoms with Gasteiger partial charge in [0.05, 0.1) is 6.10 Å². The molecule has 2 aliphatic heterocycles. The molecule has 2 unspecified atom stereocenters. The summed E-state index contributed by atoms with van der Waals surface area (Å²) in [6, 6.07) is 0. The molecule has 0 spiro atoms. The number of halogens is 1. The van der Waals surface area contributed by atoms with Crippen LogP contribution in [0.25, 0.3) is 0 Å². The first-order valence-electron chi connectivity index (χ1n) is 7.83. The Morgan fingerprint density at radius 1 is 1.50 bits per heavy atom. The Labute approximate surface area is 137 Å². The SMILES string of the molecule is CC(C)C1OCCC1CNC(=O)c1n[nH]c2c1CNCC2.Cl. The van der Waals surface area contributed by atoms with Crippen LogP contribution in [0, 0.1) is 11.8 Å². The molecule has 1 aromatic heterocycles. The predicted molar refractivity (Wildman–Crippen MR) is 86.3 cm³/mol. The molecule has 1 fully saturated rings. The van der Waals surface area contributed by atoms with E-state index in [2.05, 4.69) is 34.7 Å². The van der Waals surface area contributed by atoms with Crippen LogP contribution in [0.1, 0.15) is 42.0 Å². The summed E-state index contributed by atoms with van der Waals surface area (Å²) in [5, 5.41) is 13.5. The molecule has 0 aromatic carbocycles. The highest BCUT2D eigenvalue weighted by atomic mass is 35.5. The van der Waals surface area contributed by atoms with Crippen LogP contribution < -0.4 is 10.6 Å². The van der Waals surface area contributed by atoms with Gasteiger partial charge in [0.2, 0.25) is 0 Å². The summed E-state index contributed by atoms with van der Waals surface area (Å²) in [5.74, 6) is 0.809. The molecule has 3 rings (SSSR count). The van der Waals surface area contributed by atoms with E-state index in [4.69, 9.17) is 4.74 Å². The van der Waals surface area contributed by atoms with Gasteiger partial charge in [-0.25, -0.2) is 0 Å². The Bertz CT molecular complexity index is 518. The molecule has 2 atom stereocenters. The van der Waals surface area contributed by atoms with Gasteiger partial charge in [0, 0.05) is 49.8 Å². The Balaban J connectivity index is 0.00000176. The number of rotatable bonds is 4. The van der Waals surface area contributed by atoms with Gasteiger partial charge < -0.3 is 15.4 Å². The molecule has 124 valence electrons. The molecule has 22 heavy (non-hydrogen) atoms. The number of nitrogens with zero attached hydrogens (tertiary/aromatic N) is 1. The topological polar surface area (TPSA) is 79.0 Å². The minimum absolute atomic E-state index is 0. The zero-order valence-corrected chi connectivity index (χ0v) is 14.0. The van der Waals surface area contributed by atoms with Crippen molar-refractivity contribution in [2.45, 2.75) is 39.3 Å². The maximum absolute atomic E-state index is 12.3. The third-order valence-electron chi connectivity index (χ3n) is 4.47. The van der Waals surface area contributed by atoms with E-state index < -0.39 is 0 Å². The van der Waals surface area contributed by atoms with Crippen molar-refractivity contribution in [3.63, 3.8) is 0 Å². The summed E-state index contributed by atoms with van der Waals surface area (Å²) >= 11 is 0. The summed E-state index contributed by atoms with van der Waals surface area (Å²) in [7, 11) is 0. The molecule has 2 aliphatic rings. The number of ether oxygens (including phenoxy) is 1. The van der Waals surface area contributed by atoms with Crippen molar-refractivity contribution in [3.05, 3.63) is 17.0 Å². The highest BCUT2D eigenvalue weighted by molar-refractivity contribution is 5.94. The van der Waals surface area contributed by atoms with Crippen molar-refractivity contribution in [2.75, 3.05) is 19.7 Å². The standard InChI is InChI=1S/C15H24N4O2.ClH/c1-9(2)14-10(4-6-21-14)7-17-15(20)13-11-8-16-5-3-12(11)18-19-13;/h9-10,14,16H,3-8H2,1-2H3,(H,17,20)(H,18,19);1H. The van der Waals surface area contributed by atoms with Crippen molar-refractivity contribution in [1.82, 2.24) is 20.8 Å². The largest absolute Gasteiger partial charge is 0.378 e. The Hall–Kier alpha value is -1.11. The smallest absolute Gasteiger partial charge is 0.272 e. The molecular weight excluding hydrogens is 304 g/mol. The first-order chi connectivity index (χ1) is 10.2. The minimum Gasteiger partial charge on any atom is -0.378 e. The molecular formula is C15H25ClN4O2. The lowest BCUT2D eigenvalue weighted by molar-refractivity contribution is 0.0533. The van der Waals surface area contributed by atoms with E-state index in [0.29, 0.717) is 24.1 Å². The number of H-pyrrole nitrogens is 1. The van der Waals surface area contributed by atoms with Gasteiger partial charge in [-0.15, -0.1) is 12.4 Å². The van der Waals surface area contributed by atoms with Gasteiger partial charge in [-0.2, -0.15) is 5.10 Å². The highest BCUT2D eigenvalue weighted by Crippen LogP contribution is 2.26. The molecule has 1 saturated heterocycles. The van der Waals surface area contributed by atoms with Gasteiger partial charge in [0.25, 0.3) is 5.91 Å². The number of carbonyl (C=O) groups excluding carboxylic acids is 1. The van der Waals surface area contributed by atoms with Crippen molar-refractivity contribution in [2.24, 2.45) is 11.8 Å². The maximum atomic E-state index is 12.3. The number of amides is 1. The maximum Gasteiger partial charge on any atom is 0.272 e. The van der Waals surface area contributed by atoms with E-state index in [1.54, 1.807) is 0 Å². The van der Waals surface area contributed by atoms with Gasteiger partial charge in [-0.3, -0.25) is 9.89 Å². The number of nitrogens with one attached hydrogen (secondary N) is 3. The summed E-state index contributed by atoms with van der Waals surface area (Å²) in [5.41, 5.74) is 2.64. The molecule has 0 radical (unpaired) electrons. The lowest BCUT2D eigenvalue weighted by Crippen LogP contribution is -2.35. The van der Waals surface area contributed by atoms with Crippen LogP contribution in [0.5, 0.6) is 0 Å². The molecule has 1 amide bonds. The van der Waals surface area contributed by atoms with E-state index in [9.17, 15) is 4.79 Å². The zero-order chi connectivity index (χ0) is 14.8. The van der Waals surface area contributed by atoms with Gasteiger partial charge >= 0.3 is 0 Å². The number of fused-ring (bicyclic) bond motifs is 1. The third kappa shape index (κ3) is 3.45. The van der Waals surface area contributed by atoms with Gasteiger partial charge in [-0.1, -0.05) is 13.8 Å². The van der Waals surface area contributed by atoms with Gasteiger partial charge in [0.1, 0.15) is 0 Å². The third-order valence-corrected chi connectivity index (χ3v) is 4.47. The first kappa shape index (κ1) is 17.2. The van der Waals surface area contributed by atoms with Crippen LogP contribution in [0.3, 0.4) is 0 Å². The fraction of sp³-hybridized carbons (Fsp3) is 0.733. The van der Waals surface area contributed by atoms with Crippen molar-refractivity contribution in [3.8, 4) is 0 Å². The van der Waals surface area contributed by atoms with Crippen LogP contribution in [-0.4, -0.2) is 41.9 Å². The van der Waals surface area contributed by atoms with Crippen LogP contribution in [-0.2, 0) is 17.7 Å². The summed E-state index contributed by atoms with van der Waals surface area (Å²) in [4.78, 5) is 12.3. The van der Waals surface area contributed by atoms with Gasteiger partial charge in [0.15, 0.2) is 5.69 Å². The second-order valence-corrected chi connectivity index (χ2v) is 6.29. The Morgan fingerprint density at radius 2 is 2.32 bits per heavy atom. The number of hydrogen-bond donors (Lipinski definition) is 3. The second-order valence-electron chi connectivity index (χ2n) is 6.29. The Kier molecular flexibility index (Phi) is 5.83. The molecule has 0 bridgehead atoms. The lowest BCUT2D eigenvalue weighted by atomic mass is 9.93. The molecule has 7 heteroatoms. The van der Waals surface area contributed by atoms with Crippen LogP contribution in [0.4, 0.5) is 0 Å². The fourth-order valence-electron chi connectivity index (χ4n) is 3.33. The van der Waals surface area contributed by atoms with E-state index >= 15 is 0 Å². The van der Waals surface area contributed by atoms with E-state index in [0.717, 1.165) is 43.8 Å². The van der Waals surface area contributed by atoms with Crippen LogP contribution >= 0.6 is 12.4 Å². The van der Waals surface area contributed by atoms with Crippen molar-refractivity contribution >= 4 is 18.3 Å². The summed E-state index contributed by atoms with van der Waals surface area (Å²) in [6.07, 6.45) is 2.17.